The van der Waals surface area contributed by atoms with Crippen molar-refractivity contribution in [1.82, 2.24) is 0 Å². The molecule has 0 bridgehead atoms. The Hall–Kier alpha value is 0.130. The molecule has 0 fully saturated rings. The highest BCUT2D eigenvalue weighted by Crippen LogP contribution is 2.36. The Morgan fingerprint density at radius 3 is 2.06 bits per heavy atom. The third-order valence-corrected chi connectivity index (χ3v) is 3.78. The molecule has 0 saturated carbocycles. The summed E-state index contributed by atoms with van der Waals surface area (Å²) in [6, 6.07) is 3.75. The smallest absolute Gasteiger partial charge is 0.175 e. The van der Waals surface area contributed by atoms with Crippen LogP contribution < -0.4 is 4.74 Å². The van der Waals surface area contributed by atoms with Gasteiger partial charge in [-0.15, -0.1) is 0 Å². The van der Waals surface area contributed by atoms with Gasteiger partial charge in [0.1, 0.15) is 12.4 Å². The molecule has 0 aliphatic heterocycles. The lowest BCUT2D eigenvalue weighted by Crippen LogP contribution is -2.26. The Morgan fingerprint density at radius 2 is 1.65 bits per heavy atom. The molecule has 0 amide bonds. The summed E-state index contributed by atoms with van der Waals surface area (Å²) in [5, 5.41) is 0. The van der Waals surface area contributed by atoms with E-state index in [1.54, 1.807) is 0 Å². The van der Waals surface area contributed by atoms with Gasteiger partial charge < -0.3 is 4.74 Å². The number of rotatable bonds is 3. The Morgan fingerprint density at radius 1 is 1.18 bits per heavy atom. The number of carbonyl (C=O) groups is 1. The third-order valence-electron chi connectivity index (χ3n) is 2.15. The van der Waals surface area contributed by atoms with Crippen molar-refractivity contribution in [2.24, 2.45) is 5.41 Å². The highest BCUT2D eigenvalue weighted by atomic mass is 79.9. The van der Waals surface area contributed by atoms with E-state index >= 15 is 0 Å². The standard InChI is InChI=1S/C12H13Br3O2/c1-12(2,3)10(16)6-17-11-8(14)4-7(13)5-9(11)15/h4-5H,6H2,1-3H3. The van der Waals surface area contributed by atoms with Gasteiger partial charge in [0, 0.05) is 9.89 Å². The van der Waals surface area contributed by atoms with E-state index < -0.39 is 0 Å². The van der Waals surface area contributed by atoms with Crippen molar-refractivity contribution in [3.05, 3.63) is 25.6 Å². The average Bonchev–Trinajstić information content (AvgIpc) is 2.13. The molecule has 1 aromatic carbocycles. The monoisotopic (exact) mass is 426 g/mol. The first-order valence-electron chi connectivity index (χ1n) is 5.02. The third kappa shape index (κ3) is 4.38. The molecule has 1 aromatic rings. The number of halogens is 3. The van der Waals surface area contributed by atoms with Gasteiger partial charge in [0.15, 0.2) is 5.78 Å². The van der Waals surface area contributed by atoms with Crippen molar-refractivity contribution in [2.45, 2.75) is 20.8 Å². The van der Waals surface area contributed by atoms with E-state index in [9.17, 15) is 4.79 Å². The number of benzene rings is 1. The molecule has 2 nitrogen and oxygen atoms in total. The van der Waals surface area contributed by atoms with E-state index in [2.05, 4.69) is 47.8 Å². The minimum absolute atomic E-state index is 0.0687. The minimum atomic E-state index is -0.381. The lowest BCUT2D eigenvalue weighted by atomic mass is 9.91. The Balaban J connectivity index is 2.80. The Labute approximate surface area is 126 Å². The van der Waals surface area contributed by atoms with Crippen molar-refractivity contribution < 1.29 is 9.53 Å². The average molecular weight is 429 g/mol. The van der Waals surface area contributed by atoms with Crippen LogP contribution in [0.1, 0.15) is 20.8 Å². The molecule has 0 aliphatic rings. The van der Waals surface area contributed by atoms with Gasteiger partial charge in [-0.05, 0) is 44.0 Å². The van der Waals surface area contributed by atoms with E-state index in [0.29, 0.717) is 5.75 Å². The fourth-order valence-electron chi connectivity index (χ4n) is 1.02. The zero-order valence-corrected chi connectivity index (χ0v) is 14.6. The van der Waals surface area contributed by atoms with Crippen LogP contribution in [0.25, 0.3) is 0 Å². The van der Waals surface area contributed by atoms with Crippen molar-refractivity contribution in [2.75, 3.05) is 6.61 Å². The largest absolute Gasteiger partial charge is 0.483 e. The number of hydrogen-bond donors (Lipinski definition) is 0. The summed E-state index contributed by atoms with van der Waals surface area (Å²) in [5.41, 5.74) is -0.381. The van der Waals surface area contributed by atoms with Crippen LogP contribution in [0, 0.1) is 5.41 Å². The lowest BCUT2D eigenvalue weighted by Gasteiger charge is -2.17. The molecule has 0 heterocycles. The predicted molar refractivity (Wildman–Crippen MR) is 79.5 cm³/mol. The van der Waals surface area contributed by atoms with E-state index in [-0.39, 0.29) is 17.8 Å². The highest BCUT2D eigenvalue weighted by Gasteiger charge is 2.22. The first-order valence-corrected chi connectivity index (χ1v) is 7.40. The Kier molecular flexibility index (Phi) is 5.22. The van der Waals surface area contributed by atoms with Crippen LogP contribution in [0.4, 0.5) is 0 Å². The minimum Gasteiger partial charge on any atom is -0.483 e. The molecule has 0 unspecified atom stereocenters. The zero-order valence-electron chi connectivity index (χ0n) is 9.81. The molecular formula is C12H13Br3O2. The van der Waals surface area contributed by atoms with Gasteiger partial charge in [0.2, 0.25) is 0 Å². The number of hydrogen-bond acceptors (Lipinski definition) is 2. The van der Waals surface area contributed by atoms with Gasteiger partial charge in [-0.2, -0.15) is 0 Å². The normalized spacial score (nSPS) is 11.4. The van der Waals surface area contributed by atoms with Gasteiger partial charge in [-0.3, -0.25) is 4.79 Å². The highest BCUT2D eigenvalue weighted by molar-refractivity contribution is 9.11. The van der Waals surface area contributed by atoms with Gasteiger partial charge in [-0.25, -0.2) is 0 Å². The molecule has 0 aliphatic carbocycles. The van der Waals surface area contributed by atoms with Gasteiger partial charge in [-0.1, -0.05) is 36.7 Å². The van der Waals surface area contributed by atoms with Crippen molar-refractivity contribution >= 4 is 53.6 Å². The maximum absolute atomic E-state index is 11.8. The van der Waals surface area contributed by atoms with Crippen molar-refractivity contribution in [3.8, 4) is 5.75 Å². The molecule has 1 rings (SSSR count). The molecule has 94 valence electrons. The summed E-state index contributed by atoms with van der Waals surface area (Å²) in [6.07, 6.45) is 0. The van der Waals surface area contributed by atoms with E-state index in [1.807, 2.05) is 32.9 Å². The molecule has 0 atom stereocenters. The second-order valence-electron chi connectivity index (χ2n) is 4.66. The molecule has 0 N–H and O–H groups in total. The van der Waals surface area contributed by atoms with Crippen LogP contribution in [-0.2, 0) is 4.79 Å². The molecule has 0 saturated heterocycles. The summed E-state index contributed by atoms with van der Waals surface area (Å²) in [6.45, 7) is 5.71. The summed E-state index contributed by atoms with van der Waals surface area (Å²) >= 11 is 10.2. The summed E-state index contributed by atoms with van der Waals surface area (Å²) in [5.74, 6) is 0.713. The van der Waals surface area contributed by atoms with Crippen LogP contribution in [0.3, 0.4) is 0 Å². The van der Waals surface area contributed by atoms with E-state index in [0.717, 1.165) is 13.4 Å². The second kappa shape index (κ2) is 5.85. The molecule has 0 aromatic heterocycles. The van der Waals surface area contributed by atoms with Gasteiger partial charge >= 0.3 is 0 Å². The number of ether oxygens (including phenoxy) is 1. The van der Waals surface area contributed by atoms with Crippen molar-refractivity contribution in [3.63, 3.8) is 0 Å². The zero-order chi connectivity index (χ0) is 13.2. The van der Waals surface area contributed by atoms with Crippen LogP contribution in [-0.4, -0.2) is 12.4 Å². The fraction of sp³-hybridized carbons (Fsp3) is 0.417. The van der Waals surface area contributed by atoms with Crippen LogP contribution >= 0.6 is 47.8 Å². The van der Waals surface area contributed by atoms with Crippen LogP contribution in [0.15, 0.2) is 25.6 Å². The SMILES string of the molecule is CC(C)(C)C(=O)COc1c(Br)cc(Br)cc1Br. The Bertz CT molecular complexity index is 413. The van der Waals surface area contributed by atoms with Gasteiger partial charge in [0.25, 0.3) is 0 Å². The van der Waals surface area contributed by atoms with Gasteiger partial charge in [0.05, 0.1) is 8.95 Å². The van der Waals surface area contributed by atoms with E-state index in [4.69, 9.17) is 4.74 Å². The molecule has 17 heavy (non-hydrogen) atoms. The van der Waals surface area contributed by atoms with Crippen LogP contribution in [0.2, 0.25) is 0 Å². The summed E-state index contributed by atoms with van der Waals surface area (Å²) in [4.78, 5) is 11.8. The number of carbonyl (C=O) groups excluding carboxylic acids is 1. The fourth-order valence-corrected chi connectivity index (χ4v) is 3.51. The quantitative estimate of drug-likeness (QED) is 0.679. The predicted octanol–water partition coefficient (Wildman–Crippen LogP) is 4.97. The summed E-state index contributed by atoms with van der Waals surface area (Å²) in [7, 11) is 0. The molecule has 0 radical (unpaired) electrons. The first-order chi connectivity index (χ1) is 7.71. The van der Waals surface area contributed by atoms with Crippen molar-refractivity contribution in [1.29, 1.82) is 0 Å². The maximum Gasteiger partial charge on any atom is 0.175 e. The first kappa shape index (κ1) is 15.2. The summed E-state index contributed by atoms with van der Waals surface area (Å²) < 4.78 is 8.09. The molecule has 5 heteroatoms. The van der Waals surface area contributed by atoms with E-state index in [1.165, 1.54) is 0 Å². The topological polar surface area (TPSA) is 26.3 Å². The number of ketones is 1. The second-order valence-corrected chi connectivity index (χ2v) is 7.28. The van der Waals surface area contributed by atoms with Crippen LogP contribution in [0.5, 0.6) is 5.75 Å². The lowest BCUT2D eigenvalue weighted by molar-refractivity contribution is -0.128. The molecule has 0 spiro atoms. The maximum atomic E-state index is 11.8. The molecular weight excluding hydrogens is 416 g/mol. The number of Topliss-reactive ketones (excluding diaryl/α,β-unsaturated/α-hetero) is 1.